The Kier molecular flexibility index (Phi) is 6.56. The molecule has 2 heterocycles. The topological polar surface area (TPSA) is 81.5 Å². The molecule has 0 radical (unpaired) electrons. The molecule has 4 rings (SSSR count). The van der Waals surface area contributed by atoms with Crippen LogP contribution in [0.2, 0.25) is 0 Å². The normalized spacial score (nSPS) is 17.1. The van der Waals surface area contributed by atoms with Gasteiger partial charge in [-0.05, 0) is 43.5 Å². The van der Waals surface area contributed by atoms with E-state index in [1.54, 1.807) is 11.9 Å². The van der Waals surface area contributed by atoms with Crippen molar-refractivity contribution in [3.63, 3.8) is 0 Å². The van der Waals surface area contributed by atoms with E-state index in [0.717, 1.165) is 28.1 Å². The second-order valence-corrected chi connectivity index (χ2v) is 10.8. The van der Waals surface area contributed by atoms with E-state index in [2.05, 4.69) is 5.10 Å². The highest BCUT2D eigenvalue weighted by atomic mass is 32.2. The molecule has 0 spiro atoms. The van der Waals surface area contributed by atoms with E-state index in [9.17, 15) is 13.2 Å². The van der Waals surface area contributed by atoms with Crippen LogP contribution in [0.4, 0.5) is 0 Å². The Bertz CT molecular complexity index is 1230. The highest BCUT2D eigenvalue weighted by Gasteiger charge is 2.31. The first-order valence-corrected chi connectivity index (χ1v) is 12.8. The van der Waals surface area contributed by atoms with Crippen LogP contribution in [-0.4, -0.2) is 54.2 Å². The van der Waals surface area contributed by atoms with Crippen molar-refractivity contribution in [1.82, 2.24) is 14.7 Å². The predicted octanol–water partition coefficient (Wildman–Crippen LogP) is 3.56. The number of rotatable bonds is 7. The fourth-order valence-corrected chi connectivity index (χ4v) is 5.90. The summed E-state index contributed by atoms with van der Waals surface area (Å²) < 4.78 is 31.2. The molecule has 1 amide bonds. The Hall–Kier alpha value is -3.13. The number of ether oxygens (including phenoxy) is 1. The maximum absolute atomic E-state index is 12.7. The summed E-state index contributed by atoms with van der Waals surface area (Å²) in [6.45, 7) is 4.16. The van der Waals surface area contributed by atoms with E-state index in [1.165, 1.54) is 0 Å². The van der Waals surface area contributed by atoms with Gasteiger partial charge < -0.3 is 9.64 Å². The number of sulfone groups is 1. The van der Waals surface area contributed by atoms with Gasteiger partial charge in [-0.2, -0.15) is 5.10 Å². The van der Waals surface area contributed by atoms with Gasteiger partial charge in [0.2, 0.25) is 0 Å². The number of aryl methyl sites for hydroxylation is 1. The molecular formula is C25H29N3O4S. The van der Waals surface area contributed by atoms with Gasteiger partial charge in [-0.15, -0.1) is 0 Å². The molecule has 0 aliphatic carbocycles. The highest BCUT2D eigenvalue weighted by Crippen LogP contribution is 2.27. The summed E-state index contributed by atoms with van der Waals surface area (Å²) >= 11 is 0. The summed E-state index contributed by atoms with van der Waals surface area (Å²) in [6.07, 6.45) is 0.579. The van der Waals surface area contributed by atoms with Crippen LogP contribution >= 0.6 is 0 Å². The molecule has 1 aliphatic heterocycles. The number of likely N-dealkylation sites (N-methyl/N-ethyl adjacent to an activating group) is 1. The van der Waals surface area contributed by atoms with E-state index >= 15 is 0 Å². The van der Waals surface area contributed by atoms with E-state index in [4.69, 9.17) is 4.74 Å². The zero-order valence-electron chi connectivity index (χ0n) is 19.2. The Morgan fingerprint density at radius 3 is 2.39 bits per heavy atom. The second-order valence-electron chi connectivity index (χ2n) is 8.58. The Morgan fingerprint density at radius 2 is 1.76 bits per heavy atom. The molecule has 2 aromatic carbocycles. The first kappa shape index (κ1) is 23.0. The molecule has 1 aliphatic rings. The quantitative estimate of drug-likeness (QED) is 0.531. The summed E-state index contributed by atoms with van der Waals surface area (Å²) in [4.78, 5) is 14.3. The molecule has 3 aromatic rings. The van der Waals surface area contributed by atoms with Crippen molar-refractivity contribution in [2.24, 2.45) is 0 Å². The molecule has 1 atom stereocenters. The van der Waals surface area contributed by atoms with Gasteiger partial charge in [-0.25, -0.2) is 8.42 Å². The highest BCUT2D eigenvalue weighted by molar-refractivity contribution is 7.91. The van der Waals surface area contributed by atoms with Crippen molar-refractivity contribution in [3.8, 4) is 16.9 Å². The average Bonchev–Trinajstić information content (AvgIpc) is 3.31. The van der Waals surface area contributed by atoms with Crippen molar-refractivity contribution in [1.29, 1.82) is 0 Å². The number of aromatic nitrogens is 2. The van der Waals surface area contributed by atoms with Crippen LogP contribution in [0.25, 0.3) is 11.1 Å². The molecule has 0 bridgehead atoms. The molecule has 0 saturated carbocycles. The molecule has 0 N–H and O–H groups in total. The zero-order valence-corrected chi connectivity index (χ0v) is 20.0. The predicted molar refractivity (Wildman–Crippen MR) is 128 cm³/mol. The Morgan fingerprint density at radius 1 is 1.09 bits per heavy atom. The third-order valence-electron chi connectivity index (χ3n) is 6.17. The van der Waals surface area contributed by atoms with Crippen LogP contribution in [0.1, 0.15) is 29.4 Å². The Balaban J connectivity index is 1.35. The van der Waals surface area contributed by atoms with Gasteiger partial charge in [0.05, 0.1) is 23.2 Å². The monoisotopic (exact) mass is 467 g/mol. The summed E-state index contributed by atoms with van der Waals surface area (Å²) in [7, 11) is -1.26. The zero-order chi connectivity index (χ0) is 23.6. The molecule has 174 valence electrons. The maximum atomic E-state index is 12.7. The van der Waals surface area contributed by atoms with Crippen LogP contribution < -0.4 is 4.74 Å². The van der Waals surface area contributed by atoms with Crippen molar-refractivity contribution in [3.05, 3.63) is 71.5 Å². The van der Waals surface area contributed by atoms with Crippen molar-refractivity contribution in [2.45, 2.75) is 32.9 Å². The van der Waals surface area contributed by atoms with Crippen LogP contribution in [0, 0.1) is 13.8 Å². The molecule has 7 nitrogen and oxygen atoms in total. The molecule has 8 heteroatoms. The largest absolute Gasteiger partial charge is 0.484 e. The lowest BCUT2D eigenvalue weighted by Crippen LogP contribution is -2.31. The first-order chi connectivity index (χ1) is 15.7. The fourth-order valence-electron chi connectivity index (χ4n) is 4.20. The van der Waals surface area contributed by atoms with E-state index < -0.39 is 9.84 Å². The standard InChI is InChI=1S/C25H29N3O4S/c1-18-24(19(2)28(26-18)22-13-14-33(30,31)17-22)15-27(3)25(29)16-32-23-11-9-21(10-12-23)20-7-5-4-6-8-20/h4-12,22H,13-17H2,1-3H3. The molecule has 1 aromatic heterocycles. The second kappa shape index (κ2) is 9.39. The molecular weight excluding hydrogens is 438 g/mol. The van der Waals surface area contributed by atoms with Gasteiger partial charge >= 0.3 is 0 Å². The van der Waals surface area contributed by atoms with Crippen LogP contribution in [0.15, 0.2) is 54.6 Å². The summed E-state index contributed by atoms with van der Waals surface area (Å²) in [5, 5.41) is 4.58. The number of nitrogens with zero attached hydrogens (tertiary/aromatic N) is 3. The number of amides is 1. The summed E-state index contributed by atoms with van der Waals surface area (Å²) in [5.74, 6) is 0.823. The van der Waals surface area contributed by atoms with Gasteiger partial charge in [0.25, 0.3) is 5.91 Å². The smallest absolute Gasteiger partial charge is 0.260 e. The Labute approximate surface area is 194 Å². The van der Waals surface area contributed by atoms with E-state index in [1.807, 2.05) is 73.1 Å². The van der Waals surface area contributed by atoms with Crippen molar-refractivity contribution in [2.75, 3.05) is 25.2 Å². The van der Waals surface area contributed by atoms with Crippen molar-refractivity contribution >= 4 is 15.7 Å². The summed E-state index contributed by atoms with van der Waals surface area (Å²) in [6, 6.07) is 17.6. The number of hydrogen-bond acceptors (Lipinski definition) is 5. The minimum absolute atomic E-state index is 0.0612. The fraction of sp³-hybridized carbons (Fsp3) is 0.360. The van der Waals surface area contributed by atoms with Gasteiger partial charge in [0.1, 0.15) is 5.75 Å². The van der Waals surface area contributed by atoms with Gasteiger partial charge in [-0.3, -0.25) is 9.48 Å². The molecule has 1 saturated heterocycles. The number of carbonyl (C=O) groups excluding carboxylic acids is 1. The lowest BCUT2D eigenvalue weighted by atomic mass is 10.1. The van der Waals surface area contributed by atoms with E-state index in [0.29, 0.717) is 18.7 Å². The van der Waals surface area contributed by atoms with Gasteiger partial charge in [0.15, 0.2) is 16.4 Å². The van der Waals surface area contributed by atoms with E-state index in [-0.39, 0.29) is 30.1 Å². The SMILES string of the molecule is Cc1nn(C2CCS(=O)(=O)C2)c(C)c1CN(C)C(=O)COc1ccc(-c2ccccc2)cc1. The third kappa shape index (κ3) is 5.27. The number of hydrogen-bond donors (Lipinski definition) is 0. The van der Waals surface area contributed by atoms with Crippen molar-refractivity contribution < 1.29 is 17.9 Å². The lowest BCUT2D eigenvalue weighted by Gasteiger charge is -2.18. The first-order valence-electron chi connectivity index (χ1n) is 11.0. The number of carbonyl (C=O) groups is 1. The van der Waals surface area contributed by atoms with Gasteiger partial charge in [0, 0.05) is 24.8 Å². The van der Waals surface area contributed by atoms with Gasteiger partial charge in [-0.1, -0.05) is 42.5 Å². The molecule has 33 heavy (non-hydrogen) atoms. The minimum Gasteiger partial charge on any atom is -0.484 e. The molecule has 1 fully saturated rings. The minimum atomic E-state index is -2.99. The van der Waals surface area contributed by atoms with Crippen LogP contribution in [0.5, 0.6) is 5.75 Å². The number of benzene rings is 2. The third-order valence-corrected chi connectivity index (χ3v) is 7.92. The molecule has 1 unspecified atom stereocenters. The lowest BCUT2D eigenvalue weighted by molar-refractivity contribution is -0.132. The van der Waals surface area contributed by atoms with Crippen LogP contribution in [0.3, 0.4) is 0 Å². The average molecular weight is 468 g/mol. The van der Waals surface area contributed by atoms with Crippen LogP contribution in [-0.2, 0) is 21.2 Å². The summed E-state index contributed by atoms with van der Waals surface area (Å²) in [5.41, 5.74) is 4.88. The maximum Gasteiger partial charge on any atom is 0.260 e.